The van der Waals surface area contributed by atoms with Crippen LogP contribution in [0.4, 0.5) is 5.69 Å². The number of pyridine rings is 1. The van der Waals surface area contributed by atoms with Crippen LogP contribution in [0.1, 0.15) is 20.7 Å². The summed E-state index contributed by atoms with van der Waals surface area (Å²) in [5.41, 5.74) is 0.233. The standard InChI is InChI=1S/C13H9ClN2O4/c14-11-4-1-7(6-15-11)12(18)16-8-2-3-10(17)9(5-8)13(19)20/h1-6,17H,(H,16,18)(H,19,20). The number of halogens is 1. The number of aromatic carboxylic acids is 1. The predicted molar refractivity (Wildman–Crippen MR) is 72.3 cm³/mol. The van der Waals surface area contributed by atoms with E-state index in [1.807, 2.05) is 0 Å². The number of carbonyl (C=O) groups is 2. The summed E-state index contributed by atoms with van der Waals surface area (Å²) >= 11 is 5.61. The van der Waals surface area contributed by atoms with Crippen molar-refractivity contribution in [2.75, 3.05) is 5.32 Å². The Morgan fingerprint density at radius 3 is 2.55 bits per heavy atom. The first-order chi connectivity index (χ1) is 9.47. The number of anilines is 1. The molecule has 0 atom stereocenters. The van der Waals surface area contributed by atoms with Crippen LogP contribution in [0.15, 0.2) is 36.5 Å². The van der Waals surface area contributed by atoms with Gasteiger partial charge in [0.15, 0.2) is 0 Å². The van der Waals surface area contributed by atoms with Crippen molar-refractivity contribution >= 4 is 29.2 Å². The molecule has 0 unspecified atom stereocenters. The molecule has 0 radical (unpaired) electrons. The summed E-state index contributed by atoms with van der Waals surface area (Å²) in [5.74, 6) is -2.12. The van der Waals surface area contributed by atoms with Crippen LogP contribution in [0.25, 0.3) is 0 Å². The zero-order chi connectivity index (χ0) is 14.7. The Morgan fingerprint density at radius 2 is 1.95 bits per heavy atom. The Hall–Kier alpha value is -2.60. The van der Waals surface area contributed by atoms with E-state index in [0.717, 1.165) is 0 Å². The molecule has 0 aliphatic rings. The molecule has 1 aromatic heterocycles. The van der Waals surface area contributed by atoms with E-state index in [2.05, 4.69) is 10.3 Å². The number of carbonyl (C=O) groups excluding carboxylic acids is 1. The van der Waals surface area contributed by atoms with Crippen LogP contribution in [-0.2, 0) is 0 Å². The van der Waals surface area contributed by atoms with Crippen molar-refractivity contribution in [1.82, 2.24) is 4.98 Å². The summed E-state index contributed by atoms with van der Waals surface area (Å²) in [5, 5.41) is 21.0. The van der Waals surface area contributed by atoms with Gasteiger partial charge in [-0.3, -0.25) is 4.79 Å². The number of hydrogen-bond acceptors (Lipinski definition) is 4. The number of nitrogens with one attached hydrogen (secondary N) is 1. The highest BCUT2D eigenvalue weighted by Gasteiger charge is 2.12. The van der Waals surface area contributed by atoms with Crippen LogP contribution < -0.4 is 5.32 Å². The molecule has 0 bridgehead atoms. The minimum atomic E-state index is -1.29. The Morgan fingerprint density at radius 1 is 1.20 bits per heavy atom. The van der Waals surface area contributed by atoms with Crippen molar-refractivity contribution in [2.45, 2.75) is 0 Å². The summed E-state index contributed by atoms with van der Waals surface area (Å²) in [6, 6.07) is 6.71. The maximum Gasteiger partial charge on any atom is 0.339 e. The first-order valence-electron chi connectivity index (χ1n) is 5.46. The molecule has 1 amide bonds. The lowest BCUT2D eigenvalue weighted by Crippen LogP contribution is -2.12. The predicted octanol–water partition coefficient (Wildman–Crippen LogP) is 2.39. The fraction of sp³-hybridized carbons (Fsp3) is 0. The maximum atomic E-state index is 11.9. The van der Waals surface area contributed by atoms with Gasteiger partial charge >= 0.3 is 5.97 Å². The van der Waals surface area contributed by atoms with Gasteiger partial charge in [0, 0.05) is 11.9 Å². The van der Waals surface area contributed by atoms with E-state index in [1.165, 1.54) is 36.5 Å². The Balaban J connectivity index is 2.21. The molecule has 1 aromatic carbocycles. The average molecular weight is 293 g/mol. The second kappa shape index (κ2) is 5.58. The molecule has 0 saturated carbocycles. The van der Waals surface area contributed by atoms with Crippen LogP contribution in [0.2, 0.25) is 5.15 Å². The molecule has 2 aromatic rings. The third kappa shape index (κ3) is 3.04. The van der Waals surface area contributed by atoms with Crippen molar-refractivity contribution in [3.8, 4) is 5.75 Å². The van der Waals surface area contributed by atoms with Crippen molar-refractivity contribution in [3.63, 3.8) is 0 Å². The molecule has 3 N–H and O–H groups in total. The number of benzene rings is 1. The summed E-state index contributed by atoms with van der Waals surface area (Å²) in [7, 11) is 0. The molecule has 0 aliphatic heterocycles. The van der Waals surface area contributed by atoms with Crippen LogP contribution in [-0.4, -0.2) is 27.1 Å². The van der Waals surface area contributed by atoms with Gasteiger partial charge in [-0.25, -0.2) is 9.78 Å². The molecule has 7 heteroatoms. The molecule has 1 heterocycles. The maximum absolute atomic E-state index is 11.9. The second-order valence-electron chi connectivity index (χ2n) is 3.86. The van der Waals surface area contributed by atoms with Gasteiger partial charge in [0.05, 0.1) is 5.56 Å². The summed E-state index contributed by atoms with van der Waals surface area (Å²) in [6.45, 7) is 0. The smallest absolute Gasteiger partial charge is 0.339 e. The first kappa shape index (κ1) is 13.8. The Labute approximate surface area is 118 Å². The van der Waals surface area contributed by atoms with E-state index >= 15 is 0 Å². The van der Waals surface area contributed by atoms with Gasteiger partial charge in [0.2, 0.25) is 0 Å². The van der Waals surface area contributed by atoms with E-state index in [9.17, 15) is 14.7 Å². The highest BCUT2D eigenvalue weighted by molar-refractivity contribution is 6.29. The number of aromatic hydroxyl groups is 1. The normalized spacial score (nSPS) is 10.1. The number of carboxylic acid groups (broad SMARTS) is 1. The number of hydrogen-bond donors (Lipinski definition) is 3. The topological polar surface area (TPSA) is 99.5 Å². The van der Waals surface area contributed by atoms with Gasteiger partial charge in [-0.05, 0) is 30.3 Å². The number of carboxylic acids is 1. The van der Waals surface area contributed by atoms with E-state index < -0.39 is 11.9 Å². The van der Waals surface area contributed by atoms with Crippen molar-refractivity contribution in [1.29, 1.82) is 0 Å². The molecule has 102 valence electrons. The van der Waals surface area contributed by atoms with Crippen molar-refractivity contribution in [2.24, 2.45) is 0 Å². The number of phenols is 1. The highest BCUT2D eigenvalue weighted by atomic mass is 35.5. The van der Waals surface area contributed by atoms with Gasteiger partial charge in [-0.1, -0.05) is 11.6 Å². The lowest BCUT2D eigenvalue weighted by molar-refractivity contribution is 0.0693. The van der Waals surface area contributed by atoms with E-state index in [-0.39, 0.29) is 27.7 Å². The zero-order valence-electron chi connectivity index (χ0n) is 10.0. The van der Waals surface area contributed by atoms with Gasteiger partial charge in [0.25, 0.3) is 5.91 Å². The Bertz CT molecular complexity index is 671. The fourth-order valence-corrected chi connectivity index (χ4v) is 1.61. The van der Waals surface area contributed by atoms with E-state index in [0.29, 0.717) is 0 Å². The zero-order valence-corrected chi connectivity index (χ0v) is 10.8. The lowest BCUT2D eigenvalue weighted by atomic mass is 10.1. The molecule has 0 saturated heterocycles. The molecule has 6 nitrogen and oxygen atoms in total. The minimum Gasteiger partial charge on any atom is -0.507 e. The summed E-state index contributed by atoms with van der Waals surface area (Å²) in [6.07, 6.45) is 1.30. The van der Waals surface area contributed by atoms with Crippen LogP contribution in [0.3, 0.4) is 0 Å². The average Bonchev–Trinajstić information content (AvgIpc) is 2.41. The first-order valence-corrected chi connectivity index (χ1v) is 5.84. The fourth-order valence-electron chi connectivity index (χ4n) is 1.50. The van der Waals surface area contributed by atoms with Gasteiger partial charge in [-0.15, -0.1) is 0 Å². The quantitative estimate of drug-likeness (QED) is 0.596. The number of amides is 1. The van der Waals surface area contributed by atoms with Gasteiger partial charge in [-0.2, -0.15) is 0 Å². The van der Waals surface area contributed by atoms with Crippen LogP contribution in [0.5, 0.6) is 5.75 Å². The van der Waals surface area contributed by atoms with Crippen molar-refractivity contribution in [3.05, 3.63) is 52.8 Å². The number of aromatic nitrogens is 1. The van der Waals surface area contributed by atoms with Crippen LogP contribution >= 0.6 is 11.6 Å². The summed E-state index contributed by atoms with van der Waals surface area (Å²) in [4.78, 5) is 26.5. The second-order valence-corrected chi connectivity index (χ2v) is 4.25. The SMILES string of the molecule is O=C(Nc1ccc(O)c(C(=O)O)c1)c1ccc(Cl)nc1. The Kier molecular flexibility index (Phi) is 3.86. The van der Waals surface area contributed by atoms with Gasteiger partial charge in [0.1, 0.15) is 16.5 Å². The molecule has 2 rings (SSSR count). The van der Waals surface area contributed by atoms with Gasteiger partial charge < -0.3 is 15.5 Å². The monoisotopic (exact) mass is 292 g/mol. The molecule has 20 heavy (non-hydrogen) atoms. The molecular formula is C13H9ClN2O4. The van der Waals surface area contributed by atoms with E-state index in [4.69, 9.17) is 16.7 Å². The largest absolute Gasteiger partial charge is 0.507 e. The number of rotatable bonds is 3. The summed E-state index contributed by atoms with van der Waals surface area (Å²) < 4.78 is 0. The van der Waals surface area contributed by atoms with E-state index in [1.54, 1.807) is 0 Å². The molecule has 0 fully saturated rings. The molecule has 0 aliphatic carbocycles. The lowest BCUT2D eigenvalue weighted by Gasteiger charge is -2.07. The highest BCUT2D eigenvalue weighted by Crippen LogP contribution is 2.21. The minimum absolute atomic E-state index is 0.250. The van der Waals surface area contributed by atoms with Crippen molar-refractivity contribution < 1.29 is 19.8 Å². The number of nitrogens with zero attached hydrogens (tertiary/aromatic N) is 1. The third-order valence-corrected chi connectivity index (χ3v) is 2.70. The molecular weight excluding hydrogens is 284 g/mol. The van der Waals surface area contributed by atoms with Crippen LogP contribution in [0, 0.1) is 0 Å². The molecule has 0 spiro atoms. The third-order valence-electron chi connectivity index (χ3n) is 2.47.